The normalized spacial score (nSPS) is 15.2. The van der Waals surface area contributed by atoms with E-state index in [0.717, 1.165) is 0 Å². The minimum absolute atomic E-state index is 0. The van der Waals surface area contributed by atoms with Gasteiger partial charge in [0.25, 0.3) is 10.1 Å². The Labute approximate surface area is 121 Å². The van der Waals surface area contributed by atoms with E-state index in [2.05, 4.69) is 0 Å². The van der Waals surface area contributed by atoms with Crippen molar-refractivity contribution in [1.29, 1.82) is 0 Å². The van der Waals surface area contributed by atoms with Crippen LogP contribution < -0.4 is 0 Å². The van der Waals surface area contributed by atoms with Gasteiger partial charge in [-0.2, -0.15) is 8.42 Å². The van der Waals surface area contributed by atoms with E-state index >= 15 is 0 Å². The molecule has 18 heavy (non-hydrogen) atoms. The summed E-state index contributed by atoms with van der Waals surface area (Å²) in [5, 5.41) is 19.0. The molecule has 0 aliphatic carbocycles. The molecule has 0 saturated heterocycles. The number of nitrogens with zero attached hydrogens (tertiary/aromatic N) is 1. The van der Waals surface area contributed by atoms with Crippen molar-refractivity contribution in [2.75, 3.05) is 25.4 Å². The van der Waals surface area contributed by atoms with Gasteiger partial charge >= 0.3 is 18.9 Å². The van der Waals surface area contributed by atoms with Crippen molar-refractivity contribution in [1.82, 2.24) is 4.90 Å². The fraction of sp³-hybridized carbons (Fsp3) is 1.00. The Morgan fingerprint density at radius 3 is 1.72 bits per heavy atom. The molecule has 0 aliphatic heterocycles. The van der Waals surface area contributed by atoms with E-state index in [-0.39, 0.29) is 31.2 Å². The molecule has 0 radical (unpaired) electrons. The van der Waals surface area contributed by atoms with Crippen molar-refractivity contribution in [3.05, 3.63) is 0 Å². The van der Waals surface area contributed by atoms with Crippen LogP contribution in [0.5, 0.6) is 0 Å². The summed E-state index contributed by atoms with van der Waals surface area (Å²) in [6.45, 7) is 4.34. The molecule has 0 amide bonds. The first kappa shape index (κ1) is 20.7. The van der Waals surface area contributed by atoms with Gasteiger partial charge in [-0.15, -0.1) is 0 Å². The van der Waals surface area contributed by atoms with E-state index in [0.29, 0.717) is 25.9 Å². The second-order valence-electron chi connectivity index (χ2n) is 4.17. The van der Waals surface area contributed by atoms with Crippen LogP contribution in [-0.4, -0.2) is 84.5 Å². The maximum atomic E-state index is 10.7. The van der Waals surface area contributed by atoms with Gasteiger partial charge in [-0.05, 0) is 12.8 Å². The third-order valence-corrected chi connectivity index (χ3v) is 3.24. The topological polar surface area (TPSA) is 98.1 Å². The van der Waals surface area contributed by atoms with E-state index in [9.17, 15) is 18.6 Å². The zero-order chi connectivity index (χ0) is 13.5. The first-order valence-corrected chi connectivity index (χ1v) is 7.43. The van der Waals surface area contributed by atoms with Gasteiger partial charge < -0.3 is 10.2 Å². The van der Waals surface area contributed by atoms with Crippen LogP contribution in [0.15, 0.2) is 0 Å². The molecule has 0 bridgehead atoms. The molecule has 0 aromatic heterocycles. The molecular weight excluding hydrogens is 253 g/mol. The average Bonchev–Trinajstić information content (AvgIpc) is 2.24. The van der Waals surface area contributed by atoms with Crippen LogP contribution in [0.4, 0.5) is 0 Å². The summed E-state index contributed by atoms with van der Waals surface area (Å²) in [5.41, 5.74) is 0. The molecule has 2 unspecified atom stereocenters. The number of hydrogen-bond donors (Lipinski definition) is 3. The average molecular weight is 277 g/mol. The number of aliphatic hydroxyl groups excluding tert-OH is 2. The first-order chi connectivity index (χ1) is 7.78. The summed E-state index contributed by atoms with van der Waals surface area (Å²) in [6, 6.07) is 0. The summed E-state index contributed by atoms with van der Waals surface area (Å²) < 4.78 is 30.0. The van der Waals surface area contributed by atoms with Crippen LogP contribution in [-0.2, 0) is 10.1 Å². The molecule has 2 atom stereocenters. The summed E-state index contributed by atoms with van der Waals surface area (Å²) in [6.07, 6.45) is 0.00996. The first-order valence-electron chi connectivity index (χ1n) is 5.82. The number of aliphatic hydroxyl groups is 2. The van der Waals surface area contributed by atoms with Crippen LogP contribution in [0.1, 0.15) is 26.7 Å². The Morgan fingerprint density at radius 1 is 1.06 bits per heavy atom. The number of rotatable bonds is 9. The molecule has 106 valence electrons. The molecule has 0 aromatic carbocycles. The molecule has 0 saturated carbocycles. The quantitative estimate of drug-likeness (QED) is 0.372. The fourth-order valence-corrected chi connectivity index (χ4v) is 1.84. The van der Waals surface area contributed by atoms with Gasteiger partial charge in [-0.25, -0.2) is 0 Å². The summed E-state index contributed by atoms with van der Waals surface area (Å²) in [7, 11) is -4.01. The van der Waals surface area contributed by atoms with E-state index < -0.39 is 22.3 Å². The van der Waals surface area contributed by atoms with Gasteiger partial charge in [0, 0.05) is 19.6 Å². The SMILES string of the molecule is CCC(O)CN(CCS(=O)(=O)O)CC(O)CC.[LiH]. The molecule has 0 aliphatic rings. The van der Waals surface area contributed by atoms with Crippen molar-refractivity contribution < 1.29 is 23.2 Å². The third-order valence-electron chi connectivity index (χ3n) is 2.55. The zero-order valence-electron chi connectivity index (χ0n) is 10.4. The van der Waals surface area contributed by atoms with Crippen LogP contribution >= 0.6 is 0 Å². The van der Waals surface area contributed by atoms with Gasteiger partial charge in [-0.3, -0.25) is 9.45 Å². The Hall–Kier alpha value is 0.387. The molecule has 0 fully saturated rings. The van der Waals surface area contributed by atoms with Crippen molar-refractivity contribution in [2.24, 2.45) is 0 Å². The molecule has 8 heteroatoms. The van der Waals surface area contributed by atoms with Crippen molar-refractivity contribution in [3.63, 3.8) is 0 Å². The molecule has 0 spiro atoms. The predicted octanol–water partition coefficient (Wildman–Crippen LogP) is -0.930. The standard InChI is InChI=1S/C10H23NO5S.Li.H/c1-3-9(12)7-11(8-10(13)4-2)5-6-17(14,15)16;;/h9-10,12-13H,3-8H2,1-2H3,(H,14,15,16);;. The van der Waals surface area contributed by atoms with E-state index in [1.54, 1.807) is 4.90 Å². The molecule has 0 heterocycles. The van der Waals surface area contributed by atoms with E-state index in [4.69, 9.17) is 4.55 Å². The second kappa shape index (κ2) is 10.2. The molecule has 0 aromatic rings. The second-order valence-corrected chi connectivity index (χ2v) is 5.74. The van der Waals surface area contributed by atoms with Crippen LogP contribution in [0.25, 0.3) is 0 Å². The minimum atomic E-state index is -4.01. The Bertz CT molecular complexity index is 287. The molecule has 0 rings (SSSR count). The van der Waals surface area contributed by atoms with Gasteiger partial charge in [0.2, 0.25) is 0 Å². The van der Waals surface area contributed by atoms with Crippen LogP contribution in [0, 0.1) is 0 Å². The van der Waals surface area contributed by atoms with Crippen LogP contribution in [0.3, 0.4) is 0 Å². The molecule has 3 N–H and O–H groups in total. The van der Waals surface area contributed by atoms with Crippen molar-refractivity contribution >= 4 is 29.0 Å². The monoisotopic (exact) mass is 277 g/mol. The predicted molar refractivity (Wildman–Crippen MR) is 72.6 cm³/mol. The zero-order valence-corrected chi connectivity index (χ0v) is 11.2. The fourth-order valence-electron chi connectivity index (χ4n) is 1.36. The van der Waals surface area contributed by atoms with Gasteiger partial charge in [-0.1, -0.05) is 13.8 Å². The summed E-state index contributed by atoms with van der Waals surface area (Å²) in [5.74, 6) is -0.389. The van der Waals surface area contributed by atoms with Gasteiger partial charge in [0.05, 0.1) is 18.0 Å². The van der Waals surface area contributed by atoms with Crippen LogP contribution in [0.2, 0.25) is 0 Å². The Balaban J connectivity index is 0. The van der Waals surface area contributed by atoms with Crippen molar-refractivity contribution in [3.8, 4) is 0 Å². The third kappa shape index (κ3) is 11.5. The Morgan fingerprint density at radius 2 is 1.44 bits per heavy atom. The van der Waals surface area contributed by atoms with Crippen molar-refractivity contribution in [2.45, 2.75) is 38.9 Å². The summed E-state index contributed by atoms with van der Waals surface area (Å²) >= 11 is 0. The van der Waals surface area contributed by atoms with Gasteiger partial charge in [0.15, 0.2) is 0 Å². The van der Waals surface area contributed by atoms with Gasteiger partial charge in [0.1, 0.15) is 0 Å². The summed E-state index contributed by atoms with van der Waals surface area (Å²) in [4.78, 5) is 1.65. The number of hydrogen-bond acceptors (Lipinski definition) is 5. The molecule has 6 nitrogen and oxygen atoms in total. The van der Waals surface area contributed by atoms with E-state index in [1.165, 1.54) is 0 Å². The maximum absolute atomic E-state index is 10.7. The Kier molecular flexibility index (Phi) is 11.7. The molecular formula is C10H24LiNO5S. The van der Waals surface area contributed by atoms with E-state index in [1.807, 2.05) is 13.8 Å².